The Labute approximate surface area is 73.6 Å². The number of hydrogen-bond acceptors (Lipinski definition) is 1. The molecule has 0 fully saturated rings. The van der Waals surface area contributed by atoms with E-state index in [1.165, 1.54) is 12.1 Å². The molecular weight excluding hydrogens is 179 g/mol. The molecule has 0 unspecified atom stereocenters. The van der Waals surface area contributed by atoms with E-state index >= 15 is 0 Å². The topological polar surface area (TPSA) is 12.0 Å². The Balaban J connectivity index is 2.61. The maximum Gasteiger partial charge on any atom is 0.288 e. The van der Waals surface area contributed by atoms with Crippen LogP contribution in [0.1, 0.15) is 11.1 Å². The molecule has 1 N–H and O–H groups in total. The molecule has 0 spiro atoms. The van der Waals surface area contributed by atoms with Gasteiger partial charge in [0.2, 0.25) is 0 Å². The summed E-state index contributed by atoms with van der Waals surface area (Å²) in [6.07, 6.45) is 0. The molecule has 1 nitrogen and oxygen atoms in total. The summed E-state index contributed by atoms with van der Waals surface area (Å²) in [4.78, 5) is 0. The van der Waals surface area contributed by atoms with Gasteiger partial charge in [0, 0.05) is 6.54 Å². The molecule has 1 aromatic rings. The van der Waals surface area contributed by atoms with Crippen molar-refractivity contribution in [1.82, 2.24) is 5.32 Å². The fraction of sp³-hybridized carbons (Fsp3) is 0.333. The highest BCUT2D eigenvalue weighted by atomic mass is 19.3. The van der Waals surface area contributed by atoms with Crippen molar-refractivity contribution in [3.8, 4) is 0 Å². The zero-order valence-electron chi connectivity index (χ0n) is 6.78. The third kappa shape index (κ3) is 1.31. The molecule has 1 aliphatic rings. The van der Waals surface area contributed by atoms with Crippen molar-refractivity contribution in [2.24, 2.45) is 0 Å². The van der Waals surface area contributed by atoms with Crippen molar-refractivity contribution in [3.05, 3.63) is 35.1 Å². The monoisotopic (exact) mass is 187 g/mol. The number of benzene rings is 1. The second kappa shape index (κ2) is 2.73. The zero-order chi connectivity index (χ0) is 9.47. The summed E-state index contributed by atoms with van der Waals surface area (Å²) >= 11 is 0. The number of nitrogens with one attached hydrogen (secondary N) is 1. The normalized spacial score (nSPS) is 19.6. The van der Waals surface area contributed by atoms with Crippen molar-refractivity contribution in [2.75, 3.05) is 6.54 Å². The molecule has 13 heavy (non-hydrogen) atoms. The SMILES string of the molecule is Fc1cccc2c1C(F)(F)CNC2. The predicted molar refractivity (Wildman–Crippen MR) is 42.0 cm³/mol. The smallest absolute Gasteiger partial charge is 0.288 e. The Morgan fingerprint density at radius 3 is 2.77 bits per heavy atom. The highest BCUT2D eigenvalue weighted by molar-refractivity contribution is 5.34. The van der Waals surface area contributed by atoms with Crippen LogP contribution in [0.3, 0.4) is 0 Å². The van der Waals surface area contributed by atoms with E-state index in [9.17, 15) is 13.2 Å². The first-order chi connectivity index (χ1) is 6.11. The van der Waals surface area contributed by atoms with Gasteiger partial charge in [-0.3, -0.25) is 0 Å². The number of alkyl halides is 2. The van der Waals surface area contributed by atoms with Crippen LogP contribution < -0.4 is 5.32 Å². The second-order valence-electron chi connectivity index (χ2n) is 3.08. The second-order valence-corrected chi connectivity index (χ2v) is 3.08. The Morgan fingerprint density at radius 1 is 1.31 bits per heavy atom. The van der Waals surface area contributed by atoms with E-state index in [2.05, 4.69) is 5.32 Å². The Bertz CT molecular complexity index is 336. The summed E-state index contributed by atoms with van der Waals surface area (Å²) in [7, 11) is 0. The minimum absolute atomic E-state index is 0.308. The van der Waals surface area contributed by atoms with E-state index in [0.29, 0.717) is 12.1 Å². The first-order valence-electron chi connectivity index (χ1n) is 3.98. The fourth-order valence-corrected chi connectivity index (χ4v) is 1.57. The first kappa shape index (κ1) is 8.56. The van der Waals surface area contributed by atoms with Crippen LogP contribution in [0.5, 0.6) is 0 Å². The van der Waals surface area contributed by atoms with E-state index in [1.54, 1.807) is 0 Å². The van der Waals surface area contributed by atoms with Crippen LogP contribution in [0, 0.1) is 5.82 Å². The molecule has 0 amide bonds. The van der Waals surface area contributed by atoms with Crippen molar-refractivity contribution in [1.29, 1.82) is 0 Å². The van der Waals surface area contributed by atoms with Gasteiger partial charge in [-0.05, 0) is 11.6 Å². The van der Waals surface area contributed by atoms with Gasteiger partial charge < -0.3 is 5.32 Å². The maximum atomic E-state index is 13.2. The van der Waals surface area contributed by atoms with Gasteiger partial charge in [-0.25, -0.2) is 4.39 Å². The maximum absolute atomic E-state index is 13.2. The predicted octanol–water partition coefficient (Wildman–Crippen LogP) is 2.02. The molecule has 1 aromatic carbocycles. The van der Waals surface area contributed by atoms with Gasteiger partial charge in [0.1, 0.15) is 5.82 Å². The van der Waals surface area contributed by atoms with Crippen LogP contribution in [0.25, 0.3) is 0 Å². The number of fused-ring (bicyclic) bond motifs is 1. The summed E-state index contributed by atoms with van der Waals surface area (Å²) in [6.45, 7) is -0.177. The quantitative estimate of drug-likeness (QED) is 0.655. The van der Waals surface area contributed by atoms with Crippen LogP contribution in [0.2, 0.25) is 0 Å². The summed E-state index contributed by atoms with van der Waals surface area (Å²) in [6, 6.07) is 4.02. The minimum atomic E-state index is -3.08. The molecule has 0 radical (unpaired) electrons. The third-order valence-electron chi connectivity index (χ3n) is 2.13. The molecule has 0 saturated carbocycles. The lowest BCUT2D eigenvalue weighted by Gasteiger charge is -2.26. The summed E-state index contributed by atoms with van der Waals surface area (Å²) < 4.78 is 39.4. The molecular formula is C9H8F3N. The summed E-state index contributed by atoms with van der Waals surface area (Å²) in [5.41, 5.74) is -0.106. The Morgan fingerprint density at radius 2 is 2.08 bits per heavy atom. The molecule has 70 valence electrons. The van der Waals surface area contributed by atoms with Gasteiger partial charge in [-0.1, -0.05) is 12.1 Å². The Hall–Kier alpha value is -1.03. The van der Waals surface area contributed by atoms with Crippen molar-refractivity contribution < 1.29 is 13.2 Å². The number of hydrogen-bond donors (Lipinski definition) is 1. The van der Waals surface area contributed by atoms with Crippen LogP contribution in [0.15, 0.2) is 18.2 Å². The summed E-state index contributed by atoms with van der Waals surface area (Å²) in [5.74, 6) is -3.90. The van der Waals surface area contributed by atoms with Crippen LogP contribution in [0.4, 0.5) is 13.2 Å². The van der Waals surface area contributed by atoms with E-state index in [0.717, 1.165) is 6.07 Å². The van der Waals surface area contributed by atoms with Crippen LogP contribution in [-0.4, -0.2) is 6.54 Å². The van der Waals surface area contributed by atoms with Gasteiger partial charge >= 0.3 is 0 Å². The lowest BCUT2D eigenvalue weighted by atomic mass is 9.97. The number of rotatable bonds is 0. The molecule has 0 saturated heterocycles. The average Bonchev–Trinajstić information content (AvgIpc) is 2.02. The fourth-order valence-electron chi connectivity index (χ4n) is 1.57. The highest BCUT2D eigenvalue weighted by Gasteiger charge is 2.38. The van der Waals surface area contributed by atoms with E-state index in [4.69, 9.17) is 0 Å². The number of halogens is 3. The molecule has 4 heteroatoms. The molecule has 0 aromatic heterocycles. The largest absolute Gasteiger partial charge is 0.307 e. The lowest BCUT2D eigenvalue weighted by molar-refractivity contribution is -0.0143. The van der Waals surface area contributed by atoms with Gasteiger partial charge in [0.05, 0.1) is 12.1 Å². The average molecular weight is 187 g/mol. The van der Waals surface area contributed by atoms with E-state index < -0.39 is 23.8 Å². The molecule has 0 atom stereocenters. The van der Waals surface area contributed by atoms with Gasteiger partial charge in [0.25, 0.3) is 5.92 Å². The molecule has 0 bridgehead atoms. The van der Waals surface area contributed by atoms with Crippen molar-refractivity contribution in [2.45, 2.75) is 12.5 Å². The van der Waals surface area contributed by atoms with Crippen molar-refractivity contribution >= 4 is 0 Å². The molecule has 1 heterocycles. The Kier molecular flexibility index (Phi) is 1.80. The van der Waals surface area contributed by atoms with Gasteiger partial charge in [0.15, 0.2) is 0 Å². The van der Waals surface area contributed by atoms with Crippen LogP contribution >= 0.6 is 0 Å². The third-order valence-corrected chi connectivity index (χ3v) is 2.13. The van der Waals surface area contributed by atoms with Gasteiger partial charge in [-0.15, -0.1) is 0 Å². The van der Waals surface area contributed by atoms with Crippen LogP contribution in [-0.2, 0) is 12.5 Å². The first-order valence-corrected chi connectivity index (χ1v) is 3.98. The summed E-state index contributed by atoms with van der Waals surface area (Å²) in [5, 5.41) is 2.54. The standard InChI is InChI=1S/C9H8F3N/c10-7-3-1-2-6-4-13-5-9(11,12)8(6)7/h1-3,13H,4-5H2. The van der Waals surface area contributed by atoms with Crippen molar-refractivity contribution in [3.63, 3.8) is 0 Å². The zero-order valence-corrected chi connectivity index (χ0v) is 6.78. The molecule has 1 aliphatic heterocycles. The van der Waals surface area contributed by atoms with E-state index in [1.807, 2.05) is 0 Å². The minimum Gasteiger partial charge on any atom is -0.307 e. The highest BCUT2D eigenvalue weighted by Crippen LogP contribution is 2.34. The molecule has 2 rings (SSSR count). The van der Waals surface area contributed by atoms with Gasteiger partial charge in [-0.2, -0.15) is 8.78 Å². The van der Waals surface area contributed by atoms with E-state index in [-0.39, 0.29) is 0 Å². The lowest BCUT2D eigenvalue weighted by Crippen LogP contribution is -2.37. The molecule has 0 aliphatic carbocycles.